The van der Waals surface area contributed by atoms with Gasteiger partial charge in [-0.25, -0.2) is 0 Å². The molecule has 1 heterocycles. The van der Waals surface area contributed by atoms with Crippen LogP contribution in [0.5, 0.6) is 5.75 Å². The quantitative estimate of drug-likeness (QED) is 0.162. The lowest BCUT2D eigenvalue weighted by Gasteiger charge is -2.20. The minimum Gasteiger partial charge on any atom is -0.486 e. The molecule has 0 radical (unpaired) electrons. The molecule has 1 atom stereocenters. The van der Waals surface area contributed by atoms with Crippen LogP contribution in [-0.2, 0) is 17.6 Å². The molecule has 5 heteroatoms. The van der Waals surface area contributed by atoms with Gasteiger partial charge >= 0.3 is 5.97 Å². The van der Waals surface area contributed by atoms with E-state index in [0.29, 0.717) is 29.9 Å². The summed E-state index contributed by atoms with van der Waals surface area (Å²) in [5, 5.41) is 9.88. The van der Waals surface area contributed by atoms with Crippen LogP contribution in [0.3, 0.4) is 0 Å². The fourth-order valence-corrected chi connectivity index (χ4v) is 5.11. The second kappa shape index (κ2) is 13.3. The van der Waals surface area contributed by atoms with Crippen molar-refractivity contribution in [3.63, 3.8) is 0 Å². The number of nitrogens with one attached hydrogen (secondary N) is 1. The number of benzene rings is 3. The van der Waals surface area contributed by atoms with Crippen LogP contribution in [0.1, 0.15) is 91.6 Å². The third kappa shape index (κ3) is 7.38. The molecule has 0 amide bonds. The average Bonchev–Trinajstić information content (AvgIpc) is 3.36. The number of carbonyl (C=O) groups excluding carboxylic acids is 1. The Morgan fingerprint density at radius 1 is 0.949 bits per heavy atom. The molecule has 204 valence electrons. The Balaban J connectivity index is 1.51. The van der Waals surface area contributed by atoms with E-state index in [1.165, 1.54) is 11.1 Å². The van der Waals surface area contributed by atoms with Crippen molar-refractivity contribution in [2.45, 2.75) is 71.8 Å². The minimum atomic E-state index is -0.810. The van der Waals surface area contributed by atoms with Crippen LogP contribution in [-0.4, -0.2) is 21.8 Å². The summed E-state index contributed by atoms with van der Waals surface area (Å²) >= 11 is 0. The first-order chi connectivity index (χ1) is 18.9. The van der Waals surface area contributed by atoms with Crippen LogP contribution in [0, 0.1) is 5.92 Å². The third-order valence-corrected chi connectivity index (χ3v) is 7.08. The number of carbonyl (C=O) groups is 2. The van der Waals surface area contributed by atoms with Gasteiger partial charge in [0.25, 0.3) is 0 Å². The van der Waals surface area contributed by atoms with E-state index in [4.69, 9.17) is 9.84 Å². The van der Waals surface area contributed by atoms with E-state index in [2.05, 4.69) is 50.0 Å². The first kappa shape index (κ1) is 28.2. The second-order valence-electron chi connectivity index (χ2n) is 10.7. The summed E-state index contributed by atoms with van der Waals surface area (Å²) in [6, 6.07) is 22.0. The Morgan fingerprint density at radius 3 is 2.36 bits per heavy atom. The molecule has 0 bridgehead atoms. The molecule has 5 nitrogen and oxygen atoms in total. The van der Waals surface area contributed by atoms with Crippen molar-refractivity contribution in [2.75, 3.05) is 0 Å². The minimum absolute atomic E-state index is 0.0402. The number of aryl methyl sites for hydroxylation is 1. The van der Waals surface area contributed by atoms with Gasteiger partial charge < -0.3 is 14.8 Å². The van der Waals surface area contributed by atoms with Gasteiger partial charge in [0.15, 0.2) is 5.78 Å². The molecule has 0 aliphatic carbocycles. The number of aromatic amines is 1. The number of hydrogen-bond donors (Lipinski definition) is 2. The number of rotatable bonds is 14. The van der Waals surface area contributed by atoms with Crippen LogP contribution >= 0.6 is 0 Å². The van der Waals surface area contributed by atoms with Crippen molar-refractivity contribution < 1.29 is 19.4 Å². The largest absolute Gasteiger partial charge is 0.486 e. The van der Waals surface area contributed by atoms with Gasteiger partial charge in [-0.05, 0) is 85.0 Å². The normalized spacial score (nSPS) is 12.1. The van der Waals surface area contributed by atoms with E-state index < -0.39 is 5.97 Å². The zero-order valence-corrected chi connectivity index (χ0v) is 23.2. The number of hydrogen-bond acceptors (Lipinski definition) is 3. The maximum absolute atomic E-state index is 13.5. The molecule has 2 N–H and O–H groups in total. The van der Waals surface area contributed by atoms with Crippen LogP contribution in [0.15, 0.2) is 72.9 Å². The maximum atomic E-state index is 13.5. The van der Waals surface area contributed by atoms with E-state index in [1.54, 1.807) is 6.20 Å². The molecule has 0 saturated heterocycles. The van der Waals surface area contributed by atoms with E-state index >= 15 is 0 Å². The topological polar surface area (TPSA) is 79.4 Å². The van der Waals surface area contributed by atoms with Gasteiger partial charge in [0, 0.05) is 34.6 Å². The SMILES string of the molecule is CCCCC(Oc1ccc(C(=O)c2c[nH]c3cccc(CCCC(=O)O)c23)cc1)c1ccc(CC(C)C)cc1. The highest BCUT2D eigenvalue weighted by Crippen LogP contribution is 2.30. The number of carboxylic acid groups (broad SMARTS) is 1. The molecular weight excluding hydrogens is 486 g/mol. The highest BCUT2D eigenvalue weighted by Gasteiger charge is 2.18. The number of H-pyrrole nitrogens is 1. The molecule has 3 aromatic carbocycles. The number of fused-ring (bicyclic) bond motifs is 1. The predicted octanol–water partition coefficient (Wildman–Crippen LogP) is 8.32. The third-order valence-electron chi connectivity index (χ3n) is 7.08. The summed E-state index contributed by atoms with van der Waals surface area (Å²) in [5.74, 6) is 0.487. The summed E-state index contributed by atoms with van der Waals surface area (Å²) in [6.07, 6.45) is 7.12. The van der Waals surface area contributed by atoms with Crippen LogP contribution in [0.4, 0.5) is 0 Å². The second-order valence-corrected chi connectivity index (χ2v) is 10.7. The lowest BCUT2D eigenvalue weighted by Crippen LogP contribution is -2.08. The van der Waals surface area contributed by atoms with Gasteiger partial charge in [-0.2, -0.15) is 0 Å². The van der Waals surface area contributed by atoms with Crippen molar-refractivity contribution in [2.24, 2.45) is 5.92 Å². The molecule has 1 aromatic heterocycles. The molecule has 0 fully saturated rings. The first-order valence-corrected chi connectivity index (χ1v) is 14.1. The molecule has 0 saturated carbocycles. The van der Waals surface area contributed by atoms with E-state index in [1.807, 2.05) is 42.5 Å². The lowest BCUT2D eigenvalue weighted by molar-refractivity contribution is -0.137. The fraction of sp³-hybridized carbons (Fsp3) is 0.353. The summed E-state index contributed by atoms with van der Waals surface area (Å²) in [4.78, 5) is 27.7. The number of unbranched alkanes of at least 4 members (excludes halogenated alkanes) is 1. The van der Waals surface area contributed by atoms with Crippen molar-refractivity contribution >= 4 is 22.7 Å². The Hall–Kier alpha value is -3.86. The number of ketones is 1. The summed E-state index contributed by atoms with van der Waals surface area (Å²) in [6.45, 7) is 6.65. The first-order valence-electron chi connectivity index (χ1n) is 14.1. The Kier molecular flexibility index (Phi) is 9.59. The lowest BCUT2D eigenvalue weighted by atomic mass is 9.97. The monoisotopic (exact) mass is 525 g/mol. The van der Waals surface area contributed by atoms with Gasteiger partial charge in [-0.3, -0.25) is 9.59 Å². The van der Waals surface area contributed by atoms with Crippen LogP contribution < -0.4 is 4.74 Å². The number of aromatic nitrogens is 1. The summed E-state index contributed by atoms with van der Waals surface area (Å²) < 4.78 is 6.44. The molecule has 0 aliphatic rings. The zero-order valence-electron chi connectivity index (χ0n) is 23.2. The fourth-order valence-electron chi connectivity index (χ4n) is 5.11. The smallest absolute Gasteiger partial charge is 0.303 e. The molecule has 4 aromatic rings. The highest BCUT2D eigenvalue weighted by atomic mass is 16.5. The molecular formula is C34H39NO4. The van der Waals surface area contributed by atoms with Gasteiger partial charge in [0.2, 0.25) is 0 Å². The number of ether oxygens (including phenoxy) is 1. The van der Waals surface area contributed by atoms with Crippen molar-refractivity contribution in [3.8, 4) is 5.75 Å². The summed E-state index contributed by atoms with van der Waals surface area (Å²) in [7, 11) is 0. The number of carboxylic acids is 1. The van der Waals surface area contributed by atoms with Crippen molar-refractivity contribution in [3.05, 3.63) is 101 Å². The van der Waals surface area contributed by atoms with Crippen molar-refractivity contribution in [1.29, 1.82) is 0 Å². The van der Waals surface area contributed by atoms with Crippen LogP contribution in [0.2, 0.25) is 0 Å². The zero-order chi connectivity index (χ0) is 27.8. The van der Waals surface area contributed by atoms with E-state index in [-0.39, 0.29) is 18.3 Å². The summed E-state index contributed by atoms with van der Waals surface area (Å²) in [5.41, 5.74) is 5.57. The molecule has 39 heavy (non-hydrogen) atoms. The highest BCUT2D eigenvalue weighted by molar-refractivity contribution is 6.17. The molecule has 1 unspecified atom stereocenters. The molecule has 0 spiro atoms. The molecule has 4 rings (SSSR count). The van der Waals surface area contributed by atoms with Gasteiger partial charge in [-0.1, -0.05) is 63.6 Å². The molecule has 0 aliphatic heterocycles. The Bertz CT molecular complexity index is 1380. The van der Waals surface area contributed by atoms with E-state index in [0.717, 1.165) is 47.9 Å². The standard InChI is InChI=1S/C34H39NO4/c1-4-5-11-31(25-15-13-24(14-16-25)21-23(2)3)39-28-19-17-27(18-20-28)34(38)29-22-35-30-10-6-8-26(33(29)30)9-7-12-32(36)37/h6,8,10,13-20,22-23,31,35H,4-5,7,9,11-12,21H2,1-3H3,(H,36,37). The van der Waals surface area contributed by atoms with Crippen LogP contribution in [0.25, 0.3) is 10.9 Å². The van der Waals surface area contributed by atoms with Gasteiger partial charge in [0.1, 0.15) is 11.9 Å². The van der Waals surface area contributed by atoms with E-state index in [9.17, 15) is 9.59 Å². The van der Waals surface area contributed by atoms with Crippen molar-refractivity contribution in [1.82, 2.24) is 4.98 Å². The van der Waals surface area contributed by atoms with Gasteiger partial charge in [-0.15, -0.1) is 0 Å². The van der Waals surface area contributed by atoms with Gasteiger partial charge in [0.05, 0.1) is 0 Å². The number of aliphatic carboxylic acids is 1. The Morgan fingerprint density at radius 2 is 1.69 bits per heavy atom. The maximum Gasteiger partial charge on any atom is 0.303 e. The average molecular weight is 526 g/mol. The Labute approximate surface area is 231 Å². The predicted molar refractivity (Wildman–Crippen MR) is 157 cm³/mol.